The van der Waals surface area contributed by atoms with Crippen molar-refractivity contribution >= 4 is 11.3 Å². The van der Waals surface area contributed by atoms with Crippen molar-refractivity contribution in [1.29, 1.82) is 0 Å². The summed E-state index contributed by atoms with van der Waals surface area (Å²) in [5, 5.41) is 14.5. The van der Waals surface area contributed by atoms with Crippen LogP contribution in [0.2, 0.25) is 0 Å². The normalized spacial score (nSPS) is 18.9. The van der Waals surface area contributed by atoms with Crippen molar-refractivity contribution in [2.45, 2.75) is 38.6 Å². The molecule has 0 aliphatic carbocycles. The number of ether oxygens (including phenoxy) is 1. The first kappa shape index (κ1) is 14.5. The SMILES string of the molecule is CCCNC(C)c1nnc(C2CCOc3ccccc32)s1. The van der Waals surface area contributed by atoms with Gasteiger partial charge in [0.2, 0.25) is 0 Å². The Hall–Kier alpha value is -1.46. The summed E-state index contributed by atoms with van der Waals surface area (Å²) in [4.78, 5) is 0. The number of nitrogens with one attached hydrogen (secondary N) is 1. The molecule has 0 radical (unpaired) electrons. The van der Waals surface area contributed by atoms with E-state index in [2.05, 4.69) is 41.5 Å². The van der Waals surface area contributed by atoms with Gasteiger partial charge in [0.15, 0.2) is 0 Å². The Balaban J connectivity index is 1.81. The molecule has 4 nitrogen and oxygen atoms in total. The van der Waals surface area contributed by atoms with E-state index in [1.165, 1.54) is 5.56 Å². The highest BCUT2D eigenvalue weighted by Crippen LogP contribution is 2.39. The third kappa shape index (κ3) is 3.09. The van der Waals surface area contributed by atoms with Gasteiger partial charge in [0.05, 0.1) is 12.6 Å². The van der Waals surface area contributed by atoms with Crippen molar-refractivity contribution in [2.75, 3.05) is 13.2 Å². The second-order valence-electron chi connectivity index (χ2n) is 5.38. The number of nitrogens with zero attached hydrogens (tertiary/aromatic N) is 2. The predicted molar refractivity (Wildman–Crippen MR) is 85.0 cm³/mol. The molecule has 112 valence electrons. The molecule has 2 heterocycles. The van der Waals surface area contributed by atoms with Crippen molar-refractivity contribution in [3.05, 3.63) is 39.8 Å². The second-order valence-corrected chi connectivity index (χ2v) is 6.42. The minimum Gasteiger partial charge on any atom is -0.493 e. The molecule has 2 aromatic rings. The lowest BCUT2D eigenvalue weighted by Gasteiger charge is -2.23. The van der Waals surface area contributed by atoms with E-state index >= 15 is 0 Å². The molecule has 1 aromatic carbocycles. The lowest BCUT2D eigenvalue weighted by atomic mass is 9.94. The zero-order valence-corrected chi connectivity index (χ0v) is 13.3. The van der Waals surface area contributed by atoms with Crippen LogP contribution in [0.3, 0.4) is 0 Å². The molecular weight excluding hydrogens is 282 g/mol. The van der Waals surface area contributed by atoms with Gasteiger partial charge in [-0.1, -0.05) is 36.5 Å². The third-order valence-corrected chi connectivity index (χ3v) is 5.00. The van der Waals surface area contributed by atoms with E-state index < -0.39 is 0 Å². The van der Waals surface area contributed by atoms with E-state index in [1.54, 1.807) is 11.3 Å². The van der Waals surface area contributed by atoms with Crippen LogP contribution in [0.1, 0.15) is 54.2 Å². The van der Waals surface area contributed by atoms with Crippen molar-refractivity contribution in [3.8, 4) is 5.75 Å². The molecule has 0 fully saturated rings. The smallest absolute Gasteiger partial charge is 0.134 e. The van der Waals surface area contributed by atoms with Crippen LogP contribution in [0.25, 0.3) is 0 Å². The van der Waals surface area contributed by atoms with Gasteiger partial charge >= 0.3 is 0 Å². The molecule has 0 bridgehead atoms. The number of hydrogen-bond donors (Lipinski definition) is 1. The number of para-hydroxylation sites is 1. The van der Waals surface area contributed by atoms with Crippen LogP contribution in [0.4, 0.5) is 0 Å². The highest BCUT2D eigenvalue weighted by Gasteiger charge is 2.26. The maximum absolute atomic E-state index is 5.73. The number of hydrogen-bond acceptors (Lipinski definition) is 5. The van der Waals surface area contributed by atoms with E-state index in [9.17, 15) is 0 Å². The summed E-state index contributed by atoms with van der Waals surface area (Å²) in [5.41, 5.74) is 1.24. The maximum Gasteiger partial charge on any atom is 0.134 e. The van der Waals surface area contributed by atoms with E-state index in [4.69, 9.17) is 4.74 Å². The Labute approximate surface area is 129 Å². The van der Waals surface area contributed by atoms with Crippen LogP contribution < -0.4 is 10.1 Å². The number of aromatic nitrogens is 2. The van der Waals surface area contributed by atoms with Gasteiger partial charge in [0.25, 0.3) is 0 Å². The van der Waals surface area contributed by atoms with Gasteiger partial charge in [0, 0.05) is 11.5 Å². The Morgan fingerprint density at radius 3 is 3.10 bits per heavy atom. The molecule has 0 saturated heterocycles. The summed E-state index contributed by atoms with van der Waals surface area (Å²) < 4.78 is 5.73. The first-order chi connectivity index (χ1) is 10.3. The highest BCUT2D eigenvalue weighted by atomic mass is 32.1. The van der Waals surface area contributed by atoms with Crippen molar-refractivity contribution in [2.24, 2.45) is 0 Å². The Kier molecular flexibility index (Phi) is 4.51. The lowest BCUT2D eigenvalue weighted by Crippen LogP contribution is -2.19. The average molecular weight is 303 g/mol. The van der Waals surface area contributed by atoms with Crippen LogP contribution in [-0.2, 0) is 0 Å². The average Bonchev–Trinajstić information content (AvgIpc) is 3.02. The minimum absolute atomic E-state index is 0.270. The van der Waals surface area contributed by atoms with Crippen LogP contribution in [-0.4, -0.2) is 23.3 Å². The number of fused-ring (bicyclic) bond motifs is 1. The Morgan fingerprint density at radius 1 is 1.38 bits per heavy atom. The molecule has 3 rings (SSSR count). The van der Waals surface area contributed by atoms with Gasteiger partial charge in [-0.15, -0.1) is 10.2 Å². The van der Waals surface area contributed by atoms with Gasteiger partial charge in [-0.3, -0.25) is 0 Å². The van der Waals surface area contributed by atoms with Gasteiger partial charge < -0.3 is 10.1 Å². The molecule has 5 heteroatoms. The summed E-state index contributed by atoms with van der Waals surface area (Å²) in [6.45, 7) is 6.08. The van der Waals surface area contributed by atoms with E-state index in [1.807, 2.05) is 12.1 Å². The van der Waals surface area contributed by atoms with Gasteiger partial charge in [0.1, 0.15) is 15.8 Å². The molecule has 0 spiro atoms. The van der Waals surface area contributed by atoms with Crippen molar-refractivity contribution < 1.29 is 4.74 Å². The van der Waals surface area contributed by atoms with E-state index in [0.717, 1.165) is 41.8 Å². The summed E-state index contributed by atoms with van der Waals surface area (Å²) in [6, 6.07) is 8.52. The largest absolute Gasteiger partial charge is 0.493 e. The summed E-state index contributed by atoms with van der Waals surface area (Å²) in [6.07, 6.45) is 2.10. The topological polar surface area (TPSA) is 47.0 Å². The highest BCUT2D eigenvalue weighted by molar-refractivity contribution is 7.11. The molecule has 2 atom stereocenters. The van der Waals surface area contributed by atoms with Crippen LogP contribution >= 0.6 is 11.3 Å². The van der Waals surface area contributed by atoms with Crippen molar-refractivity contribution in [3.63, 3.8) is 0 Å². The van der Waals surface area contributed by atoms with E-state index in [-0.39, 0.29) is 6.04 Å². The summed E-state index contributed by atoms with van der Waals surface area (Å²) >= 11 is 1.72. The molecule has 1 aromatic heterocycles. The molecule has 2 unspecified atom stereocenters. The van der Waals surface area contributed by atoms with Gasteiger partial charge in [-0.2, -0.15) is 0 Å². The van der Waals surface area contributed by atoms with Crippen molar-refractivity contribution in [1.82, 2.24) is 15.5 Å². The van der Waals surface area contributed by atoms with E-state index in [0.29, 0.717) is 5.92 Å². The monoisotopic (exact) mass is 303 g/mol. The Morgan fingerprint density at radius 2 is 2.24 bits per heavy atom. The standard InChI is InChI=1S/C16H21N3OS/c1-3-9-17-11(2)15-18-19-16(21-15)13-8-10-20-14-7-5-4-6-12(13)14/h4-7,11,13,17H,3,8-10H2,1-2H3. The zero-order chi connectivity index (χ0) is 14.7. The maximum atomic E-state index is 5.73. The van der Waals surface area contributed by atoms with Gasteiger partial charge in [-0.25, -0.2) is 0 Å². The third-order valence-electron chi connectivity index (χ3n) is 3.78. The number of rotatable bonds is 5. The minimum atomic E-state index is 0.270. The first-order valence-corrected chi connectivity index (χ1v) is 8.39. The van der Waals surface area contributed by atoms with Crippen LogP contribution in [0.5, 0.6) is 5.75 Å². The van der Waals surface area contributed by atoms with Crippen LogP contribution in [0, 0.1) is 0 Å². The second kappa shape index (κ2) is 6.54. The molecular formula is C16H21N3OS. The first-order valence-electron chi connectivity index (χ1n) is 7.58. The fourth-order valence-corrected chi connectivity index (χ4v) is 3.63. The molecule has 1 aliphatic rings. The summed E-state index contributed by atoms with van der Waals surface area (Å²) in [7, 11) is 0. The fourth-order valence-electron chi connectivity index (χ4n) is 2.61. The molecule has 0 amide bonds. The molecule has 21 heavy (non-hydrogen) atoms. The molecule has 0 saturated carbocycles. The summed E-state index contributed by atoms with van der Waals surface area (Å²) in [5.74, 6) is 1.31. The fraction of sp³-hybridized carbons (Fsp3) is 0.500. The molecule has 1 N–H and O–H groups in total. The zero-order valence-electron chi connectivity index (χ0n) is 12.5. The quantitative estimate of drug-likeness (QED) is 0.918. The number of benzene rings is 1. The predicted octanol–water partition coefficient (Wildman–Crippen LogP) is 3.51. The molecule has 1 aliphatic heterocycles. The van der Waals surface area contributed by atoms with Crippen LogP contribution in [0.15, 0.2) is 24.3 Å². The lowest BCUT2D eigenvalue weighted by molar-refractivity contribution is 0.276. The van der Waals surface area contributed by atoms with Gasteiger partial charge in [-0.05, 0) is 32.4 Å². The Bertz CT molecular complexity index is 599.